The zero-order chi connectivity index (χ0) is 15.6. The molecule has 0 saturated carbocycles. The third-order valence-electron chi connectivity index (χ3n) is 2.77. The zero-order valence-corrected chi connectivity index (χ0v) is 13.9. The van der Waals surface area contributed by atoms with Crippen molar-refractivity contribution < 1.29 is 12.8 Å². The van der Waals surface area contributed by atoms with E-state index in [1.54, 1.807) is 6.92 Å². The molecule has 0 spiro atoms. The summed E-state index contributed by atoms with van der Waals surface area (Å²) < 4.78 is 40.7. The Balaban J connectivity index is 2.41. The molecule has 108 valence electrons. The van der Waals surface area contributed by atoms with Gasteiger partial charge in [-0.3, -0.25) is 4.72 Å². The van der Waals surface area contributed by atoms with Gasteiger partial charge in [0, 0.05) is 3.57 Å². The maximum absolute atomic E-state index is 13.0. The van der Waals surface area contributed by atoms with Crippen LogP contribution in [0, 0.1) is 27.6 Å². The first kappa shape index (κ1) is 15.7. The monoisotopic (exact) mass is 416 g/mol. The molecule has 0 aliphatic rings. The first-order valence-electron chi connectivity index (χ1n) is 5.82. The average Bonchev–Trinajstić information content (AvgIpc) is 2.41. The van der Waals surface area contributed by atoms with Gasteiger partial charge in [0.15, 0.2) is 0 Å². The molecule has 0 heterocycles. The van der Waals surface area contributed by atoms with Gasteiger partial charge in [0.05, 0.1) is 22.2 Å². The Labute approximate surface area is 135 Å². The van der Waals surface area contributed by atoms with Gasteiger partial charge in [0.2, 0.25) is 0 Å². The SMILES string of the molecule is Cc1cc(C#N)ccc1S(=O)(=O)Nc1ccc(F)cc1I. The van der Waals surface area contributed by atoms with Crippen LogP contribution < -0.4 is 4.72 Å². The van der Waals surface area contributed by atoms with Gasteiger partial charge in [0.25, 0.3) is 10.0 Å². The molecule has 0 aliphatic heterocycles. The molecule has 0 unspecified atom stereocenters. The molecule has 0 fully saturated rings. The number of halogens is 2. The molecule has 2 rings (SSSR count). The second-order valence-electron chi connectivity index (χ2n) is 4.32. The maximum Gasteiger partial charge on any atom is 0.262 e. The molecule has 0 bridgehead atoms. The van der Waals surface area contributed by atoms with Crippen molar-refractivity contribution in [1.82, 2.24) is 0 Å². The van der Waals surface area contributed by atoms with Crippen LogP contribution in [0.2, 0.25) is 0 Å². The highest BCUT2D eigenvalue weighted by atomic mass is 127. The summed E-state index contributed by atoms with van der Waals surface area (Å²) in [7, 11) is -3.79. The van der Waals surface area contributed by atoms with Gasteiger partial charge in [-0.1, -0.05) is 0 Å². The summed E-state index contributed by atoms with van der Waals surface area (Å²) in [6.07, 6.45) is 0. The van der Waals surface area contributed by atoms with E-state index >= 15 is 0 Å². The number of benzene rings is 2. The Kier molecular flexibility index (Phi) is 4.49. The summed E-state index contributed by atoms with van der Waals surface area (Å²) in [6, 6.07) is 10.1. The van der Waals surface area contributed by atoms with Crippen LogP contribution in [0.1, 0.15) is 11.1 Å². The Morgan fingerprint density at radius 3 is 2.52 bits per heavy atom. The van der Waals surface area contributed by atoms with E-state index in [1.165, 1.54) is 36.4 Å². The Hall–Kier alpha value is -1.66. The second kappa shape index (κ2) is 5.99. The van der Waals surface area contributed by atoms with Crippen LogP contribution in [0.15, 0.2) is 41.3 Å². The van der Waals surface area contributed by atoms with Crippen molar-refractivity contribution >= 4 is 38.3 Å². The number of aryl methyl sites for hydroxylation is 1. The lowest BCUT2D eigenvalue weighted by Crippen LogP contribution is -2.15. The van der Waals surface area contributed by atoms with Gasteiger partial charge < -0.3 is 0 Å². The fraction of sp³-hybridized carbons (Fsp3) is 0.0714. The molecule has 2 aromatic carbocycles. The van der Waals surface area contributed by atoms with Gasteiger partial charge in [-0.15, -0.1) is 0 Å². The molecule has 4 nitrogen and oxygen atoms in total. The van der Waals surface area contributed by atoms with Crippen molar-refractivity contribution in [2.45, 2.75) is 11.8 Å². The lowest BCUT2D eigenvalue weighted by Gasteiger charge is -2.12. The van der Waals surface area contributed by atoms with Crippen molar-refractivity contribution in [3.8, 4) is 6.07 Å². The fourth-order valence-corrected chi connectivity index (χ4v) is 3.90. The van der Waals surface area contributed by atoms with Crippen LogP contribution in [0.5, 0.6) is 0 Å². The third-order valence-corrected chi connectivity index (χ3v) is 5.19. The normalized spacial score (nSPS) is 11.0. The van der Waals surface area contributed by atoms with E-state index < -0.39 is 15.8 Å². The van der Waals surface area contributed by atoms with E-state index in [9.17, 15) is 12.8 Å². The smallest absolute Gasteiger partial charge is 0.262 e. The predicted octanol–water partition coefficient (Wildman–Crippen LogP) is 3.41. The third kappa shape index (κ3) is 3.51. The quantitative estimate of drug-likeness (QED) is 0.780. The van der Waals surface area contributed by atoms with Gasteiger partial charge in [-0.25, -0.2) is 12.8 Å². The first-order valence-corrected chi connectivity index (χ1v) is 8.38. The molecular formula is C14H10FIN2O2S. The van der Waals surface area contributed by atoms with E-state index in [-0.39, 0.29) is 4.90 Å². The lowest BCUT2D eigenvalue weighted by atomic mass is 10.2. The van der Waals surface area contributed by atoms with Crippen molar-refractivity contribution in [3.63, 3.8) is 0 Å². The molecule has 0 radical (unpaired) electrons. The molecule has 21 heavy (non-hydrogen) atoms. The van der Waals surface area contributed by atoms with Gasteiger partial charge in [-0.05, 0) is 71.5 Å². The standard InChI is InChI=1S/C14H10FIN2O2S/c1-9-6-10(8-17)2-5-14(9)21(19,20)18-13-4-3-11(15)7-12(13)16/h2-7,18H,1H3. The molecule has 0 aromatic heterocycles. The average molecular weight is 416 g/mol. The van der Waals surface area contributed by atoms with Crippen LogP contribution in [-0.2, 0) is 10.0 Å². The first-order chi connectivity index (χ1) is 9.83. The second-order valence-corrected chi connectivity index (χ2v) is 7.13. The number of rotatable bonds is 3. The summed E-state index contributed by atoms with van der Waals surface area (Å²) in [5.41, 5.74) is 1.17. The lowest BCUT2D eigenvalue weighted by molar-refractivity contribution is 0.600. The Morgan fingerprint density at radius 1 is 1.24 bits per heavy atom. The minimum absolute atomic E-state index is 0.0848. The number of nitriles is 1. The van der Waals surface area contributed by atoms with Gasteiger partial charge >= 0.3 is 0 Å². The highest BCUT2D eigenvalue weighted by Crippen LogP contribution is 2.24. The Bertz CT molecular complexity index is 845. The minimum Gasteiger partial charge on any atom is -0.279 e. The van der Waals surface area contributed by atoms with E-state index in [0.717, 1.165) is 0 Å². The fourth-order valence-electron chi connectivity index (χ4n) is 1.79. The van der Waals surface area contributed by atoms with E-state index in [4.69, 9.17) is 5.26 Å². The number of sulfonamides is 1. The van der Waals surface area contributed by atoms with Crippen LogP contribution >= 0.6 is 22.6 Å². The highest BCUT2D eigenvalue weighted by molar-refractivity contribution is 14.1. The summed E-state index contributed by atoms with van der Waals surface area (Å²) in [5.74, 6) is -0.433. The largest absolute Gasteiger partial charge is 0.279 e. The molecule has 0 amide bonds. The van der Waals surface area contributed by atoms with E-state index in [1.807, 2.05) is 28.7 Å². The number of anilines is 1. The van der Waals surface area contributed by atoms with Crippen molar-refractivity contribution in [2.75, 3.05) is 4.72 Å². The van der Waals surface area contributed by atoms with Gasteiger partial charge in [-0.2, -0.15) is 5.26 Å². The zero-order valence-electron chi connectivity index (χ0n) is 10.9. The van der Waals surface area contributed by atoms with Crippen molar-refractivity contribution in [2.24, 2.45) is 0 Å². The van der Waals surface area contributed by atoms with Crippen LogP contribution in [-0.4, -0.2) is 8.42 Å². The maximum atomic E-state index is 13.0. The Morgan fingerprint density at radius 2 is 1.95 bits per heavy atom. The summed E-state index contributed by atoms with van der Waals surface area (Å²) in [6.45, 7) is 1.62. The molecule has 2 aromatic rings. The molecular weight excluding hydrogens is 406 g/mol. The van der Waals surface area contributed by atoms with Crippen LogP contribution in [0.3, 0.4) is 0 Å². The molecule has 0 aliphatic carbocycles. The number of nitrogens with one attached hydrogen (secondary N) is 1. The molecule has 0 atom stereocenters. The van der Waals surface area contributed by atoms with E-state index in [0.29, 0.717) is 20.4 Å². The van der Waals surface area contributed by atoms with E-state index in [2.05, 4.69) is 4.72 Å². The summed E-state index contributed by atoms with van der Waals surface area (Å²) in [5, 5.41) is 8.80. The summed E-state index contributed by atoms with van der Waals surface area (Å²) >= 11 is 1.86. The number of hydrogen-bond donors (Lipinski definition) is 1. The van der Waals surface area contributed by atoms with Crippen LogP contribution in [0.25, 0.3) is 0 Å². The molecule has 0 saturated heterocycles. The number of hydrogen-bond acceptors (Lipinski definition) is 3. The summed E-state index contributed by atoms with van der Waals surface area (Å²) in [4.78, 5) is 0.0848. The minimum atomic E-state index is -3.79. The molecule has 1 N–H and O–H groups in total. The highest BCUT2D eigenvalue weighted by Gasteiger charge is 2.18. The topological polar surface area (TPSA) is 70.0 Å². The van der Waals surface area contributed by atoms with Gasteiger partial charge in [0.1, 0.15) is 5.82 Å². The predicted molar refractivity (Wildman–Crippen MR) is 85.8 cm³/mol. The van der Waals surface area contributed by atoms with Crippen LogP contribution in [0.4, 0.5) is 10.1 Å². The number of nitrogens with zero attached hydrogens (tertiary/aromatic N) is 1. The molecule has 7 heteroatoms. The van der Waals surface area contributed by atoms with Crippen molar-refractivity contribution in [1.29, 1.82) is 5.26 Å². The van der Waals surface area contributed by atoms with Crippen molar-refractivity contribution in [3.05, 3.63) is 56.9 Å².